The topological polar surface area (TPSA) is 32.3 Å². The second-order valence-corrected chi connectivity index (χ2v) is 5.45. The molecule has 0 bridgehead atoms. The Kier molecular flexibility index (Phi) is 2.60. The first-order chi connectivity index (χ1) is 6.42. The molecule has 3 unspecified atom stereocenters. The highest BCUT2D eigenvalue weighted by Crippen LogP contribution is 2.48. The zero-order chi connectivity index (χ0) is 10.4. The highest BCUT2D eigenvalue weighted by molar-refractivity contribution is 9.10. The summed E-state index contributed by atoms with van der Waals surface area (Å²) in [6, 6.07) is 0. The molecule has 0 aromatic carbocycles. The van der Waals surface area contributed by atoms with Crippen molar-refractivity contribution in [2.75, 3.05) is 13.1 Å². The minimum Gasteiger partial charge on any atom is -0.383 e. The quantitative estimate of drug-likeness (QED) is 0.711. The zero-order valence-corrected chi connectivity index (χ0v) is 9.36. The normalized spacial score (nSPS) is 43.7. The van der Waals surface area contributed by atoms with Crippen molar-refractivity contribution in [1.29, 1.82) is 0 Å². The monoisotopic (exact) mass is 269 g/mol. The zero-order valence-electron chi connectivity index (χ0n) is 7.77. The Morgan fingerprint density at radius 3 is 2.64 bits per heavy atom. The lowest BCUT2D eigenvalue weighted by molar-refractivity contribution is -0.147. The minimum absolute atomic E-state index is 0.189. The van der Waals surface area contributed by atoms with Crippen LogP contribution in [0.2, 0.25) is 0 Å². The van der Waals surface area contributed by atoms with Gasteiger partial charge in [0.2, 0.25) is 0 Å². The Bertz CT molecular complexity index is 233. The second kappa shape index (κ2) is 3.39. The standard InChI is InChI=1S/C9H14BrF2NO/c10-9(11,12)8(14)2-1-6-4-13-5-7(6)3-8/h6-7,13-14H,1-5H2. The molecule has 0 radical (unpaired) electrons. The SMILES string of the molecule is OC1(C(F)(F)Br)CCC2CNCC2C1. The molecule has 3 atom stereocenters. The lowest BCUT2D eigenvalue weighted by Crippen LogP contribution is -2.49. The number of aliphatic hydroxyl groups is 1. The Labute approximate surface area is 90.2 Å². The van der Waals surface area contributed by atoms with Gasteiger partial charge >= 0.3 is 4.83 Å². The molecule has 1 aliphatic heterocycles. The van der Waals surface area contributed by atoms with Crippen molar-refractivity contribution in [3.63, 3.8) is 0 Å². The van der Waals surface area contributed by atoms with E-state index in [0.29, 0.717) is 12.3 Å². The van der Waals surface area contributed by atoms with Crippen LogP contribution in [0.1, 0.15) is 19.3 Å². The summed E-state index contributed by atoms with van der Waals surface area (Å²) in [6.07, 6.45) is 1.08. The first kappa shape index (κ1) is 10.8. The number of rotatable bonds is 1. The van der Waals surface area contributed by atoms with E-state index in [1.54, 1.807) is 0 Å². The number of fused-ring (bicyclic) bond motifs is 1. The highest BCUT2D eigenvalue weighted by atomic mass is 79.9. The highest BCUT2D eigenvalue weighted by Gasteiger charge is 2.55. The van der Waals surface area contributed by atoms with Crippen LogP contribution >= 0.6 is 15.9 Å². The molecule has 82 valence electrons. The maximum atomic E-state index is 13.1. The van der Waals surface area contributed by atoms with Crippen LogP contribution in [0.25, 0.3) is 0 Å². The van der Waals surface area contributed by atoms with Crippen molar-refractivity contribution in [3.8, 4) is 0 Å². The molecule has 1 saturated carbocycles. The predicted molar refractivity (Wildman–Crippen MR) is 52.5 cm³/mol. The molecule has 2 N–H and O–H groups in total. The van der Waals surface area contributed by atoms with E-state index in [2.05, 4.69) is 21.2 Å². The van der Waals surface area contributed by atoms with Crippen molar-refractivity contribution in [2.24, 2.45) is 11.8 Å². The molecule has 1 saturated heterocycles. The number of hydrogen-bond acceptors (Lipinski definition) is 2. The van der Waals surface area contributed by atoms with Crippen molar-refractivity contribution in [1.82, 2.24) is 5.32 Å². The summed E-state index contributed by atoms with van der Waals surface area (Å²) in [5, 5.41) is 13.0. The van der Waals surface area contributed by atoms with Gasteiger partial charge in [0, 0.05) is 0 Å². The third-order valence-electron chi connectivity index (χ3n) is 3.54. The lowest BCUT2D eigenvalue weighted by Gasteiger charge is -2.40. The van der Waals surface area contributed by atoms with Crippen molar-refractivity contribution < 1.29 is 13.9 Å². The average molecular weight is 270 g/mol. The number of alkyl halides is 3. The summed E-state index contributed by atoms with van der Waals surface area (Å²) in [4.78, 5) is -3.16. The van der Waals surface area contributed by atoms with Gasteiger partial charge in [-0.05, 0) is 60.1 Å². The van der Waals surface area contributed by atoms with E-state index in [4.69, 9.17) is 0 Å². The van der Waals surface area contributed by atoms with E-state index >= 15 is 0 Å². The average Bonchev–Trinajstić information content (AvgIpc) is 2.48. The predicted octanol–water partition coefficient (Wildman–Crippen LogP) is 1.72. The minimum atomic E-state index is -3.16. The molecule has 14 heavy (non-hydrogen) atoms. The summed E-state index contributed by atoms with van der Waals surface area (Å²) in [6.45, 7) is 1.67. The van der Waals surface area contributed by atoms with E-state index in [1.165, 1.54) is 0 Å². The van der Waals surface area contributed by atoms with E-state index in [9.17, 15) is 13.9 Å². The van der Waals surface area contributed by atoms with Gasteiger partial charge in [-0.2, -0.15) is 8.78 Å². The van der Waals surface area contributed by atoms with E-state index in [1.807, 2.05) is 0 Å². The third kappa shape index (κ3) is 1.70. The van der Waals surface area contributed by atoms with Crippen LogP contribution in [0.4, 0.5) is 8.78 Å². The molecule has 0 amide bonds. The van der Waals surface area contributed by atoms with E-state index in [0.717, 1.165) is 13.1 Å². The van der Waals surface area contributed by atoms with Crippen LogP contribution in [-0.4, -0.2) is 28.6 Å². The van der Waals surface area contributed by atoms with Gasteiger partial charge in [0.1, 0.15) is 5.60 Å². The van der Waals surface area contributed by atoms with E-state index in [-0.39, 0.29) is 18.8 Å². The summed E-state index contributed by atoms with van der Waals surface area (Å²) in [7, 11) is 0. The Morgan fingerprint density at radius 2 is 2.00 bits per heavy atom. The summed E-state index contributed by atoms with van der Waals surface area (Å²) in [5.41, 5.74) is -1.85. The van der Waals surface area contributed by atoms with Crippen molar-refractivity contribution >= 4 is 15.9 Å². The Morgan fingerprint density at radius 1 is 1.36 bits per heavy atom. The number of nitrogens with one attached hydrogen (secondary N) is 1. The van der Waals surface area contributed by atoms with Gasteiger partial charge in [0.25, 0.3) is 0 Å². The van der Waals surface area contributed by atoms with Crippen molar-refractivity contribution in [3.05, 3.63) is 0 Å². The van der Waals surface area contributed by atoms with Crippen LogP contribution in [0.15, 0.2) is 0 Å². The molecule has 1 heterocycles. The fourth-order valence-electron chi connectivity index (χ4n) is 2.58. The van der Waals surface area contributed by atoms with Crippen LogP contribution in [0.5, 0.6) is 0 Å². The fraction of sp³-hybridized carbons (Fsp3) is 1.00. The van der Waals surface area contributed by atoms with E-state index < -0.39 is 10.4 Å². The van der Waals surface area contributed by atoms with Crippen LogP contribution < -0.4 is 5.32 Å². The number of halogens is 3. The Balaban J connectivity index is 2.10. The van der Waals surface area contributed by atoms with Gasteiger partial charge < -0.3 is 10.4 Å². The summed E-state index contributed by atoms with van der Waals surface area (Å²) in [5.74, 6) is 0.683. The molecule has 2 aliphatic rings. The van der Waals surface area contributed by atoms with Gasteiger partial charge in [-0.3, -0.25) is 0 Å². The lowest BCUT2D eigenvalue weighted by atomic mass is 9.73. The molecule has 2 fully saturated rings. The molecular weight excluding hydrogens is 256 g/mol. The van der Waals surface area contributed by atoms with Gasteiger partial charge in [-0.25, -0.2) is 0 Å². The van der Waals surface area contributed by atoms with Crippen molar-refractivity contribution in [2.45, 2.75) is 29.7 Å². The number of hydrogen-bond donors (Lipinski definition) is 2. The molecule has 2 rings (SSSR count). The summed E-state index contributed by atoms with van der Waals surface area (Å²) >= 11 is 2.29. The largest absolute Gasteiger partial charge is 0.383 e. The molecule has 5 heteroatoms. The maximum Gasteiger partial charge on any atom is 0.329 e. The smallest absolute Gasteiger partial charge is 0.329 e. The first-order valence-corrected chi connectivity index (χ1v) is 5.71. The molecule has 0 aromatic rings. The second-order valence-electron chi connectivity index (χ2n) is 4.45. The fourth-order valence-corrected chi connectivity index (χ4v) is 2.94. The van der Waals surface area contributed by atoms with Gasteiger partial charge in [-0.15, -0.1) is 0 Å². The Hall–Kier alpha value is 0.260. The van der Waals surface area contributed by atoms with Crippen LogP contribution in [0, 0.1) is 11.8 Å². The molecule has 2 nitrogen and oxygen atoms in total. The summed E-state index contributed by atoms with van der Waals surface area (Å²) < 4.78 is 26.2. The molecule has 0 spiro atoms. The molecular formula is C9H14BrF2NO. The first-order valence-electron chi connectivity index (χ1n) is 4.92. The third-order valence-corrected chi connectivity index (χ3v) is 4.27. The molecule has 0 aromatic heterocycles. The van der Waals surface area contributed by atoms with Crippen LogP contribution in [-0.2, 0) is 0 Å². The maximum absolute atomic E-state index is 13.1. The molecule has 1 aliphatic carbocycles. The van der Waals surface area contributed by atoms with Gasteiger partial charge in [0.05, 0.1) is 0 Å². The van der Waals surface area contributed by atoms with Gasteiger partial charge in [0.15, 0.2) is 0 Å². The van der Waals surface area contributed by atoms with Gasteiger partial charge in [-0.1, -0.05) is 0 Å². The van der Waals surface area contributed by atoms with Crippen LogP contribution in [0.3, 0.4) is 0 Å².